The molecule has 4 rings (SSSR count). The second-order valence-corrected chi connectivity index (χ2v) is 11.6. The molecule has 8 nitrogen and oxygen atoms in total. The molecular formula is C31H34N4O4S. The van der Waals surface area contributed by atoms with Crippen molar-refractivity contribution in [2.24, 2.45) is 0 Å². The van der Waals surface area contributed by atoms with E-state index in [0.717, 1.165) is 24.1 Å². The van der Waals surface area contributed by atoms with E-state index in [1.807, 2.05) is 29.8 Å². The molecule has 0 bridgehead atoms. The monoisotopic (exact) mass is 558 g/mol. The van der Waals surface area contributed by atoms with E-state index in [-0.39, 0.29) is 23.1 Å². The van der Waals surface area contributed by atoms with Gasteiger partial charge in [-0.05, 0) is 79.8 Å². The first kappa shape index (κ1) is 28.6. The number of aryl methyl sites for hydroxylation is 4. The van der Waals surface area contributed by atoms with Crippen molar-refractivity contribution in [1.29, 1.82) is 0 Å². The molecule has 1 amide bonds. The highest BCUT2D eigenvalue weighted by Gasteiger charge is 2.28. The van der Waals surface area contributed by atoms with E-state index in [1.165, 1.54) is 10.4 Å². The summed E-state index contributed by atoms with van der Waals surface area (Å²) in [6.45, 7) is 6.90. The van der Waals surface area contributed by atoms with Gasteiger partial charge in [0.2, 0.25) is 5.91 Å². The number of carbonyl (C=O) groups excluding carboxylic acids is 1. The molecule has 0 fully saturated rings. The van der Waals surface area contributed by atoms with Crippen molar-refractivity contribution in [2.45, 2.75) is 45.2 Å². The van der Waals surface area contributed by atoms with E-state index >= 15 is 0 Å². The number of nitrogens with zero attached hydrogens (tertiary/aromatic N) is 3. The summed E-state index contributed by atoms with van der Waals surface area (Å²) in [6.07, 6.45) is 9.28. The number of benzene rings is 3. The fraction of sp³-hybridized carbons (Fsp3) is 0.226. The topological polar surface area (TPSA) is 105 Å². The van der Waals surface area contributed by atoms with Crippen molar-refractivity contribution in [3.63, 3.8) is 0 Å². The van der Waals surface area contributed by atoms with E-state index in [9.17, 15) is 18.3 Å². The molecular weight excluding hydrogens is 524 g/mol. The highest BCUT2D eigenvalue weighted by atomic mass is 32.2. The molecule has 40 heavy (non-hydrogen) atoms. The Morgan fingerprint density at radius 3 is 2.42 bits per heavy atom. The number of hydrogen-bond acceptors (Lipinski definition) is 5. The van der Waals surface area contributed by atoms with Crippen LogP contribution in [0.15, 0.2) is 90.4 Å². The minimum absolute atomic E-state index is 0.0418. The summed E-state index contributed by atoms with van der Waals surface area (Å²) in [5.41, 5.74) is 4.23. The van der Waals surface area contributed by atoms with Crippen molar-refractivity contribution < 1.29 is 18.3 Å². The summed E-state index contributed by atoms with van der Waals surface area (Å²) in [5.74, 6) is -0.133. The lowest BCUT2D eigenvalue weighted by Crippen LogP contribution is -2.31. The SMILES string of the molecule is Cc1cc(C)c(S(=O)(=O)N(Cc2cccc(O)c2)c2ccc(C=CC(=O)NCCCn3ccnc3)cc2)c(C)c1. The Balaban J connectivity index is 1.53. The number of aromatic nitrogens is 2. The molecule has 2 N–H and O–H groups in total. The van der Waals surface area contributed by atoms with Crippen LogP contribution < -0.4 is 9.62 Å². The van der Waals surface area contributed by atoms with Gasteiger partial charge in [-0.2, -0.15) is 0 Å². The fourth-order valence-electron chi connectivity index (χ4n) is 4.69. The molecule has 3 aromatic carbocycles. The average molecular weight is 559 g/mol. The number of hydrogen-bond donors (Lipinski definition) is 2. The van der Waals surface area contributed by atoms with Crippen LogP contribution in [0.1, 0.15) is 34.2 Å². The second-order valence-electron chi connectivity index (χ2n) is 9.78. The van der Waals surface area contributed by atoms with Crippen LogP contribution in [0.2, 0.25) is 0 Å². The van der Waals surface area contributed by atoms with Crippen molar-refractivity contribution in [2.75, 3.05) is 10.8 Å². The maximum Gasteiger partial charge on any atom is 0.265 e. The number of aromatic hydroxyl groups is 1. The molecule has 1 aromatic heterocycles. The lowest BCUT2D eigenvalue weighted by molar-refractivity contribution is -0.116. The average Bonchev–Trinajstić information content (AvgIpc) is 3.42. The van der Waals surface area contributed by atoms with Crippen LogP contribution in [0.4, 0.5) is 5.69 Å². The molecule has 0 aliphatic rings. The summed E-state index contributed by atoms with van der Waals surface area (Å²) < 4.78 is 31.4. The third kappa shape index (κ3) is 7.18. The van der Waals surface area contributed by atoms with Crippen molar-refractivity contribution in [1.82, 2.24) is 14.9 Å². The molecule has 0 unspecified atom stereocenters. The van der Waals surface area contributed by atoms with E-state index in [0.29, 0.717) is 28.9 Å². The summed E-state index contributed by atoms with van der Waals surface area (Å²) in [6, 6.07) is 17.3. The lowest BCUT2D eigenvalue weighted by Gasteiger charge is -2.27. The van der Waals surface area contributed by atoms with Gasteiger partial charge in [0.1, 0.15) is 5.75 Å². The van der Waals surface area contributed by atoms with Crippen LogP contribution in [0.25, 0.3) is 6.08 Å². The Hall–Kier alpha value is -4.37. The number of sulfonamides is 1. The van der Waals surface area contributed by atoms with Gasteiger partial charge in [-0.15, -0.1) is 0 Å². The van der Waals surface area contributed by atoms with Crippen molar-refractivity contribution >= 4 is 27.7 Å². The Morgan fingerprint density at radius 2 is 1.77 bits per heavy atom. The van der Waals surface area contributed by atoms with Crippen LogP contribution in [0.3, 0.4) is 0 Å². The van der Waals surface area contributed by atoms with E-state index in [1.54, 1.807) is 81.0 Å². The van der Waals surface area contributed by atoms with Gasteiger partial charge < -0.3 is 15.0 Å². The van der Waals surface area contributed by atoms with Gasteiger partial charge >= 0.3 is 0 Å². The smallest absolute Gasteiger partial charge is 0.265 e. The quantitative estimate of drug-likeness (QED) is 0.196. The van der Waals surface area contributed by atoms with E-state index < -0.39 is 10.0 Å². The zero-order chi connectivity index (χ0) is 28.7. The first-order valence-corrected chi connectivity index (χ1v) is 14.5. The number of carbonyl (C=O) groups is 1. The Bertz CT molecular complexity index is 1570. The zero-order valence-corrected chi connectivity index (χ0v) is 23.7. The van der Waals surface area contributed by atoms with Gasteiger partial charge in [0.15, 0.2) is 0 Å². The molecule has 208 valence electrons. The predicted molar refractivity (Wildman–Crippen MR) is 157 cm³/mol. The molecule has 0 saturated carbocycles. The minimum atomic E-state index is -3.95. The molecule has 0 aliphatic heterocycles. The number of phenols is 1. The van der Waals surface area contributed by atoms with E-state index in [4.69, 9.17) is 0 Å². The molecule has 9 heteroatoms. The van der Waals surface area contributed by atoms with Crippen LogP contribution in [-0.2, 0) is 27.9 Å². The predicted octanol–water partition coefficient (Wildman–Crippen LogP) is 5.13. The van der Waals surface area contributed by atoms with Crippen LogP contribution in [0, 0.1) is 20.8 Å². The maximum atomic E-state index is 14.1. The number of phenolic OH excluding ortho intramolecular Hbond substituents is 1. The number of rotatable bonds is 11. The largest absolute Gasteiger partial charge is 0.508 e. The molecule has 0 aliphatic carbocycles. The van der Waals surface area contributed by atoms with Crippen LogP contribution in [-0.4, -0.2) is 35.5 Å². The lowest BCUT2D eigenvalue weighted by atomic mass is 10.1. The summed E-state index contributed by atoms with van der Waals surface area (Å²) in [4.78, 5) is 16.5. The van der Waals surface area contributed by atoms with Crippen molar-refractivity contribution in [3.05, 3.63) is 113 Å². The third-order valence-corrected chi connectivity index (χ3v) is 8.53. The highest BCUT2D eigenvalue weighted by Crippen LogP contribution is 2.31. The van der Waals surface area contributed by atoms with E-state index in [2.05, 4.69) is 10.3 Å². The second kappa shape index (κ2) is 12.7. The Kier molecular flexibility index (Phi) is 9.06. The highest BCUT2D eigenvalue weighted by molar-refractivity contribution is 7.92. The maximum absolute atomic E-state index is 14.1. The number of imidazole rings is 1. The van der Waals surface area contributed by atoms with Gasteiger partial charge in [0, 0.05) is 31.6 Å². The molecule has 1 heterocycles. The first-order valence-electron chi connectivity index (χ1n) is 13.0. The Labute approximate surface area is 235 Å². The summed E-state index contributed by atoms with van der Waals surface area (Å²) in [5, 5.41) is 12.8. The van der Waals surface area contributed by atoms with Crippen LogP contribution >= 0.6 is 0 Å². The van der Waals surface area contributed by atoms with Gasteiger partial charge in [0.25, 0.3) is 10.0 Å². The summed E-state index contributed by atoms with van der Waals surface area (Å²) >= 11 is 0. The normalized spacial score (nSPS) is 11.6. The van der Waals surface area contributed by atoms with Gasteiger partial charge in [-0.1, -0.05) is 42.0 Å². The van der Waals surface area contributed by atoms with Crippen molar-refractivity contribution in [3.8, 4) is 5.75 Å². The van der Waals surface area contributed by atoms with Gasteiger partial charge in [-0.3, -0.25) is 9.10 Å². The molecule has 0 spiro atoms. The number of amides is 1. The number of anilines is 1. The summed E-state index contributed by atoms with van der Waals surface area (Å²) in [7, 11) is -3.95. The molecule has 0 radical (unpaired) electrons. The Morgan fingerprint density at radius 1 is 1.05 bits per heavy atom. The zero-order valence-electron chi connectivity index (χ0n) is 22.9. The molecule has 4 aromatic rings. The third-order valence-electron chi connectivity index (χ3n) is 6.45. The minimum Gasteiger partial charge on any atom is -0.508 e. The number of nitrogens with one attached hydrogen (secondary N) is 1. The molecule has 0 atom stereocenters. The first-order chi connectivity index (χ1) is 19.1. The van der Waals surface area contributed by atoms with Gasteiger partial charge in [-0.25, -0.2) is 13.4 Å². The standard InChI is InChI=1S/C31H34N4O4S/c1-23-18-24(2)31(25(3)19-23)40(38,39)35(21-27-6-4-7-29(36)20-27)28-11-8-26(9-12-28)10-13-30(37)33-14-5-16-34-17-15-32-22-34/h4,6-13,15,17-20,22,36H,5,14,16,21H2,1-3H3,(H,33,37). The van der Waals surface area contributed by atoms with Crippen LogP contribution in [0.5, 0.6) is 5.75 Å². The van der Waals surface area contributed by atoms with Gasteiger partial charge in [0.05, 0.1) is 23.5 Å². The molecule has 0 saturated heterocycles. The fourth-order valence-corrected chi connectivity index (χ4v) is 6.56.